The van der Waals surface area contributed by atoms with Crippen LogP contribution in [-0.4, -0.2) is 27.1 Å². The van der Waals surface area contributed by atoms with Gasteiger partial charge in [0.25, 0.3) is 0 Å². The minimum atomic E-state index is -3.66. The third-order valence-corrected chi connectivity index (χ3v) is 3.62. The van der Waals surface area contributed by atoms with Crippen molar-refractivity contribution in [3.63, 3.8) is 0 Å². The van der Waals surface area contributed by atoms with Gasteiger partial charge >= 0.3 is 10.2 Å². The number of nitrogens with one attached hydrogen (secondary N) is 2. The van der Waals surface area contributed by atoms with Gasteiger partial charge in [0, 0.05) is 12.7 Å². The van der Waals surface area contributed by atoms with Gasteiger partial charge in [-0.3, -0.25) is 4.99 Å². The standard InChI is InChI=1S/C13H18N4O2S/c1-9(2)8-10-4-6-11(7-5-10)15-13-12(14-3)16-20(18,19)17-13/h4-7,9H,8H2,1-3H3,(H,14,16)(H,15,17). The lowest BCUT2D eigenvalue weighted by molar-refractivity contribution is 0.596. The first-order valence-corrected chi connectivity index (χ1v) is 7.79. The van der Waals surface area contributed by atoms with Gasteiger partial charge in [0.2, 0.25) is 0 Å². The number of anilines is 1. The van der Waals surface area contributed by atoms with E-state index in [4.69, 9.17) is 0 Å². The van der Waals surface area contributed by atoms with Crippen molar-refractivity contribution in [2.75, 3.05) is 12.4 Å². The molecule has 2 rings (SSSR count). The van der Waals surface area contributed by atoms with Crippen LogP contribution in [0.25, 0.3) is 0 Å². The minimum absolute atomic E-state index is 0.212. The molecule has 0 bridgehead atoms. The summed E-state index contributed by atoms with van der Waals surface area (Å²) in [5, 5.41) is 2.96. The van der Waals surface area contributed by atoms with Crippen molar-refractivity contribution in [3.8, 4) is 0 Å². The maximum absolute atomic E-state index is 11.4. The summed E-state index contributed by atoms with van der Waals surface area (Å²) in [5.74, 6) is 1.03. The maximum Gasteiger partial charge on any atom is 0.345 e. The van der Waals surface area contributed by atoms with Crippen LogP contribution in [0, 0.1) is 5.92 Å². The summed E-state index contributed by atoms with van der Waals surface area (Å²) in [5.41, 5.74) is 2.02. The predicted octanol–water partition coefficient (Wildman–Crippen LogP) is 1.57. The van der Waals surface area contributed by atoms with Gasteiger partial charge in [-0.25, -0.2) is 4.72 Å². The van der Waals surface area contributed by atoms with Crippen molar-refractivity contribution in [1.82, 2.24) is 4.72 Å². The van der Waals surface area contributed by atoms with E-state index in [2.05, 4.69) is 33.3 Å². The molecule has 1 aliphatic heterocycles. The van der Waals surface area contributed by atoms with E-state index in [0.717, 1.165) is 12.1 Å². The molecule has 0 radical (unpaired) electrons. The van der Waals surface area contributed by atoms with E-state index in [1.54, 1.807) is 0 Å². The van der Waals surface area contributed by atoms with Crippen molar-refractivity contribution in [3.05, 3.63) is 29.8 Å². The Bertz CT molecular complexity index is 645. The third-order valence-electron chi connectivity index (χ3n) is 2.75. The van der Waals surface area contributed by atoms with Crippen molar-refractivity contribution >= 4 is 27.6 Å². The SMILES string of the molecule is CN=C1NS(=O)(=O)N=C1Nc1ccc(CC(C)C)cc1. The number of benzene rings is 1. The normalized spacial score (nSPS) is 19.0. The highest BCUT2D eigenvalue weighted by molar-refractivity contribution is 7.89. The molecule has 0 amide bonds. The average molecular weight is 294 g/mol. The lowest BCUT2D eigenvalue weighted by Crippen LogP contribution is -2.30. The zero-order chi connectivity index (χ0) is 14.8. The summed E-state index contributed by atoms with van der Waals surface area (Å²) in [6.07, 6.45) is 1.01. The van der Waals surface area contributed by atoms with Gasteiger partial charge in [0.1, 0.15) is 0 Å². The number of nitrogens with zero attached hydrogens (tertiary/aromatic N) is 2. The van der Waals surface area contributed by atoms with E-state index in [0.29, 0.717) is 5.92 Å². The van der Waals surface area contributed by atoms with Crippen LogP contribution in [-0.2, 0) is 16.6 Å². The Kier molecular flexibility index (Phi) is 4.08. The van der Waals surface area contributed by atoms with Gasteiger partial charge < -0.3 is 5.32 Å². The maximum atomic E-state index is 11.4. The molecule has 7 heteroatoms. The van der Waals surface area contributed by atoms with E-state index < -0.39 is 10.2 Å². The molecular formula is C13H18N4O2S. The van der Waals surface area contributed by atoms with Crippen LogP contribution in [0.1, 0.15) is 19.4 Å². The topological polar surface area (TPSA) is 82.9 Å². The van der Waals surface area contributed by atoms with E-state index in [1.807, 2.05) is 24.3 Å². The molecule has 108 valence electrons. The molecule has 1 aromatic carbocycles. The fourth-order valence-electron chi connectivity index (χ4n) is 1.92. The second-order valence-electron chi connectivity index (χ2n) is 5.01. The van der Waals surface area contributed by atoms with E-state index >= 15 is 0 Å². The summed E-state index contributed by atoms with van der Waals surface area (Å²) in [6, 6.07) is 7.84. The highest BCUT2D eigenvalue weighted by Gasteiger charge is 2.25. The molecule has 1 heterocycles. The highest BCUT2D eigenvalue weighted by atomic mass is 32.2. The second-order valence-corrected chi connectivity index (χ2v) is 6.35. The first kappa shape index (κ1) is 14.5. The van der Waals surface area contributed by atoms with Crippen molar-refractivity contribution in [1.29, 1.82) is 0 Å². The summed E-state index contributed by atoms with van der Waals surface area (Å²) in [6.45, 7) is 4.33. The first-order valence-electron chi connectivity index (χ1n) is 6.35. The van der Waals surface area contributed by atoms with Gasteiger partial charge in [0.15, 0.2) is 11.7 Å². The van der Waals surface area contributed by atoms with Crippen LogP contribution >= 0.6 is 0 Å². The van der Waals surface area contributed by atoms with E-state index in [1.165, 1.54) is 12.6 Å². The zero-order valence-electron chi connectivity index (χ0n) is 11.7. The van der Waals surface area contributed by atoms with Gasteiger partial charge in [0.05, 0.1) is 0 Å². The monoisotopic (exact) mass is 294 g/mol. The van der Waals surface area contributed by atoms with Gasteiger partial charge in [-0.15, -0.1) is 4.40 Å². The predicted molar refractivity (Wildman–Crippen MR) is 81.5 cm³/mol. The quantitative estimate of drug-likeness (QED) is 0.887. The Labute approximate surface area is 119 Å². The Morgan fingerprint density at radius 1 is 1.30 bits per heavy atom. The minimum Gasteiger partial charge on any atom is -0.336 e. The van der Waals surface area contributed by atoms with Crippen LogP contribution in [0.3, 0.4) is 0 Å². The first-order chi connectivity index (χ1) is 9.39. The Morgan fingerprint density at radius 2 is 1.95 bits per heavy atom. The van der Waals surface area contributed by atoms with Gasteiger partial charge in [-0.05, 0) is 30.0 Å². The Morgan fingerprint density at radius 3 is 2.50 bits per heavy atom. The number of aliphatic imine (C=N–C) groups is 1. The molecule has 0 atom stereocenters. The number of hydrogen-bond acceptors (Lipinski definition) is 4. The van der Waals surface area contributed by atoms with Crippen molar-refractivity contribution in [2.45, 2.75) is 20.3 Å². The summed E-state index contributed by atoms with van der Waals surface area (Å²) < 4.78 is 28.5. The van der Waals surface area contributed by atoms with Crippen molar-refractivity contribution in [2.24, 2.45) is 15.3 Å². The average Bonchev–Trinajstić information content (AvgIpc) is 2.65. The smallest absolute Gasteiger partial charge is 0.336 e. The summed E-state index contributed by atoms with van der Waals surface area (Å²) in [7, 11) is -2.15. The molecular weight excluding hydrogens is 276 g/mol. The molecule has 0 unspecified atom stereocenters. The fourth-order valence-corrected chi connectivity index (χ4v) is 2.77. The molecule has 6 nitrogen and oxygen atoms in total. The third kappa shape index (κ3) is 3.57. The molecule has 0 saturated carbocycles. The fraction of sp³-hybridized carbons (Fsp3) is 0.385. The Balaban J connectivity index is 2.14. The summed E-state index contributed by atoms with van der Waals surface area (Å²) in [4.78, 5) is 3.85. The molecule has 0 spiro atoms. The Hall–Kier alpha value is -1.89. The number of rotatable bonds is 3. The largest absolute Gasteiger partial charge is 0.345 e. The highest BCUT2D eigenvalue weighted by Crippen LogP contribution is 2.14. The molecule has 1 aromatic rings. The summed E-state index contributed by atoms with van der Waals surface area (Å²) >= 11 is 0. The zero-order valence-corrected chi connectivity index (χ0v) is 12.5. The molecule has 1 aliphatic rings. The number of amidine groups is 2. The lowest BCUT2D eigenvalue weighted by Gasteiger charge is -2.08. The van der Waals surface area contributed by atoms with E-state index in [9.17, 15) is 8.42 Å². The van der Waals surface area contributed by atoms with Crippen LogP contribution < -0.4 is 10.0 Å². The molecule has 20 heavy (non-hydrogen) atoms. The van der Waals surface area contributed by atoms with Crippen LogP contribution in [0.2, 0.25) is 0 Å². The van der Waals surface area contributed by atoms with Gasteiger partial charge in [-0.1, -0.05) is 26.0 Å². The molecule has 2 N–H and O–H groups in total. The molecule has 0 saturated heterocycles. The molecule has 0 aliphatic carbocycles. The molecule has 0 fully saturated rings. The van der Waals surface area contributed by atoms with Crippen molar-refractivity contribution < 1.29 is 8.42 Å². The van der Waals surface area contributed by atoms with E-state index in [-0.39, 0.29) is 11.7 Å². The molecule has 0 aromatic heterocycles. The van der Waals surface area contributed by atoms with Gasteiger partial charge in [-0.2, -0.15) is 8.42 Å². The van der Waals surface area contributed by atoms with Crippen LogP contribution in [0.4, 0.5) is 5.69 Å². The van der Waals surface area contributed by atoms with Crippen LogP contribution in [0.5, 0.6) is 0 Å². The second kappa shape index (κ2) is 5.62. The van der Waals surface area contributed by atoms with Crippen LogP contribution in [0.15, 0.2) is 33.7 Å². The number of hydrogen-bond donors (Lipinski definition) is 2. The lowest BCUT2D eigenvalue weighted by atomic mass is 10.0.